The van der Waals surface area contributed by atoms with Crippen molar-refractivity contribution >= 4 is 0 Å². The number of rotatable bonds is 11. The zero-order valence-corrected chi connectivity index (χ0v) is 14.1. The van der Waals surface area contributed by atoms with Crippen LogP contribution in [0.2, 0.25) is 0 Å². The van der Waals surface area contributed by atoms with E-state index in [2.05, 4.69) is 25.2 Å². The molecule has 0 saturated carbocycles. The molecule has 0 radical (unpaired) electrons. The number of benzene rings is 1. The average Bonchev–Trinajstić information content (AvgIpc) is 2.51. The first-order chi connectivity index (χ1) is 10.3. The number of hydrogen-bond donors (Lipinski definition) is 1. The Morgan fingerprint density at radius 3 is 2.62 bits per heavy atom. The van der Waals surface area contributed by atoms with E-state index in [0.717, 1.165) is 36.1 Å². The molecule has 0 aliphatic heterocycles. The SMILES string of the molecule is CCCCC(CC)CNCc1cccc(OCC)c1OC. The molecule has 0 aliphatic rings. The topological polar surface area (TPSA) is 30.5 Å². The van der Waals surface area contributed by atoms with Crippen molar-refractivity contribution in [1.29, 1.82) is 0 Å². The fourth-order valence-corrected chi connectivity index (χ4v) is 2.56. The molecule has 0 amide bonds. The van der Waals surface area contributed by atoms with E-state index in [9.17, 15) is 0 Å². The molecule has 0 aliphatic carbocycles. The van der Waals surface area contributed by atoms with E-state index in [0.29, 0.717) is 6.61 Å². The van der Waals surface area contributed by atoms with Gasteiger partial charge in [-0.1, -0.05) is 45.2 Å². The first-order valence-corrected chi connectivity index (χ1v) is 8.26. The summed E-state index contributed by atoms with van der Waals surface area (Å²) in [6, 6.07) is 6.09. The summed E-state index contributed by atoms with van der Waals surface area (Å²) in [7, 11) is 1.71. The fourth-order valence-electron chi connectivity index (χ4n) is 2.56. The van der Waals surface area contributed by atoms with E-state index in [1.807, 2.05) is 19.1 Å². The minimum Gasteiger partial charge on any atom is -0.493 e. The normalized spacial score (nSPS) is 12.2. The van der Waals surface area contributed by atoms with Gasteiger partial charge < -0.3 is 14.8 Å². The second-order valence-corrected chi connectivity index (χ2v) is 5.43. The van der Waals surface area contributed by atoms with E-state index in [4.69, 9.17) is 9.47 Å². The van der Waals surface area contributed by atoms with Crippen molar-refractivity contribution in [3.05, 3.63) is 23.8 Å². The zero-order chi connectivity index (χ0) is 15.5. The van der Waals surface area contributed by atoms with E-state index in [-0.39, 0.29) is 0 Å². The van der Waals surface area contributed by atoms with Gasteiger partial charge in [0.15, 0.2) is 11.5 Å². The van der Waals surface area contributed by atoms with E-state index < -0.39 is 0 Å². The molecule has 3 nitrogen and oxygen atoms in total. The molecule has 0 bridgehead atoms. The van der Waals surface area contributed by atoms with Crippen molar-refractivity contribution in [2.45, 2.75) is 53.0 Å². The van der Waals surface area contributed by atoms with Crippen LogP contribution >= 0.6 is 0 Å². The maximum atomic E-state index is 5.62. The molecular formula is C18H31NO2. The zero-order valence-electron chi connectivity index (χ0n) is 14.1. The molecule has 0 spiro atoms. The van der Waals surface area contributed by atoms with Gasteiger partial charge in [0.25, 0.3) is 0 Å². The molecule has 21 heavy (non-hydrogen) atoms. The van der Waals surface area contributed by atoms with Gasteiger partial charge in [-0.25, -0.2) is 0 Å². The summed E-state index contributed by atoms with van der Waals surface area (Å²) in [5, 5.41) is 3.57. The average molecular weight is 293 g/mol. The van der Waals surface area contributed by atoms with Gasteiger partial charge in [-0.15, -0.1) is 0 Å². The summed E-state index contributed by atoms with van der Waals surface area (Å²) < 4.78 is 11.1. The minimum atomic E-state index is 0.655. The smallest absolute Gasteiger partial charge is 0.165 e. The Bertz CT molecular complexity index is 393. The molecular weight excluding hydrogens is 262 g/mol. The fraction of sp³-hybridized carbons (Fsp3) is 0.667. The number of hydrogen-bond acceptors (Lipinski definition) is 3. The lowest BCUT2D eigenvalue weighted by molar-refractivity contribution is 0.308. The predicted molar refractivity (Wildman–Crippen MR) is 89.2 cm³/mol. The Labute approximate surface area is 130 Å². The van der Waals surface area contributed by atoms with Gasteiger partial charge in [-0.2, -0.15) is 0 Å². The summed E-state index contributed by atoms with van der Waals surface area (Å²) >= 11 is 0. The van der Waals surface area contributed by atoms with Gasteiger partial charge in [-0.05, 0) is 31.9 Å². The standard InChI is InChI=1S/C18H31NO2/c1-5-8-10-15(6-2)13-19-14-16-11-9-12-17(21-7-3)18(16)20-4/h9,11-12,15,19H,5-8,10,13-14H2,1-4H3. The molecule has 120 valence electrons. The first kappa shape index (κ1) is 17.8. The molecule has 1 atom stereocenters. The highest BCUT2D eigenvalue weighted by atomic mass is 16.5. The van der Waals surface area contributed by atoms with Crippen LogP contribution in [-0.4, -0.2) is 20.3 Å². The third kappa shape index (κ3) is 5.96. The van der Waals surface area contributed by atoms with E-state index >= 15 is 0 Å². The number of methoxy groups -OCH3 is 1. The van der Waals surface area contributed by atoms with Gasteiger partial charge >= 0.3 is 0 Å². The molecule has 1 rings (SSSR count). The van der Waals surface area contributed by atoms with Crippen molar-refractivity contribution < 1.29 is 9.47 Å². The lowest BCUT2D eigenvalue weighted by Gasteiger charge is -2.17. The van der Waals surface area contributed by atoms with Gasteiger partial charge in [0.2, 0.25) is 0 Å². The maximum Gasteiger partial charge on any atom is 0.165 e. The highest BCUT2D eigenvalue weighted by molar-refractivity contribution is 5.46. The molecule has 1 N–H and O–H groups in total. The third-order valence-electron chi connectivity index (χ3n) is 3.86. The molecule has 1 aromatic carbocycles. The number of unbranched alkanes of at least 4 members (excludes halogenated alkanes) is 1. The Kier molecular flexibility index (Phi) is 8.91. The van der Waals surface area contributed by atoms with Crippen molar-refractivity contribution in [2.75, 3.05) is 20.3 Å². The quantitative estimate of drug-likeness (QED) is 0.656. The highest BCUT2D eigenvalue weighted by Gasteiger charge is 2.10. The van der Waals surface area contributed by atoms with Crippen molar-refractivity contribution in [2.24, 2.45) is 5.92 Å². The lowest BCUT2D eigenvalue weighted by Crippen LogP contribution is -2.22. The maximum absolute atomic E-state index is 5.62. The molecule has 0 aromatic heterocycles. The van der Waals surface area contributed by atoms with Gasteiger partial charge in [0, 0.05) is 12.1 Å². The van der Waals surface area contributed by atoms with Crippen molar-refractivity contribution in [3.63, 3.8) is 0 Å². The summed E-state index contributed by atoms with van der Waals surface area (Å²) in [6.07, 6.45) is 5.16. The van der Waals surface area contributed by atoms with Gasteiger partial charge in [0.05, 0.1) is 13.7 Å². The van der Waals surface area contributed by atoms with Crippen LogP contribution in [-0.2, 0) is 6.54 Å². The Morgan fingerprint density at radius 2 is 2.00 bits per heavy atom. The van der Waals surface area contributed by atoms with E-state index in [1.54, 1.807) is 7.11 Å². The van der Waals surface area contributed by atoms with Gasteiger partial charge in [0.1, 0.15) is 0 Å². The Hall–Kier alpha value is -1.22. The lowest BCUT2D eigenvalue weighted by atomic mass is 9.99. The Morgan fingerprint density at radius 1 is 1.19 bits per heavy atom. The van der Waals surface area contributed by atoms with E-state index in [1.165, 1.54) is 25.7 Å². The van der Waals surface area contributed by atoms with Crippen LogP contribution in [0.25, 0.3) is 0 Å². The summed E-state index contributed by atoms with van der Waals surface area (Å²) in [6.45, 7) is 9.07. The predicted octanol–water partition coefficient (Wildman–Crippen LogP) is 4.40. The molecule has 1 aromatic rings. The van der Waals surface area contributed by atoms with Gasteiger partial charge in [-0.3, -0.25) is 0 Å². The van der Waals surface area contributed by atoms with Crippen LogP contribution in [0.15, 0.2) is 18.2 Å². The highest BCUT2D eigenvalue weighted by Crippen LogP contribution is 2.30. The van der Waals surface area contributed by atoms with Crippen molar-refractivity contribution in [3.8, 4) is 11.5 Å². The number of nitrogens with one attached hydrogen (secondary N) is 1. The van der Waals surface area contributed by atoms with Crippen LogP contribution in [0.3, 0.4) is 0 Å². The molecule has 0 fully saturated rings. The second kappa shape index (κ2) is 10.5. The molecule has 0 saturated heterocycles. The number of ether oxygens (including phenoxy) is 2. The first-order valence-electron chi connectivity index (χ1n) is 8.26. The minimum absolute atomic E-state index is 0.655. The van der Waals surface area contributed by atoms with Crippen LogP contribution in [0, 0.1) is 5.92 Å². The van der Waals surface area contributed by atoms with Crippen LogP contribution in [0.5, 0.6) is 11.5 Å². The Balaban J connectivity index is 2.56. The molecule has 1 unspecified atom stereocenters. The van der Waals surface area contributed by atoms with Crippen LogP contribution in [0.4, 0.5) is 0 Å². The third-order valence-corrected chi connectivity index (χ3v) is 3.86. The summed E-state index contributed by atoms with van der Waals surface area (Å²) in [5.41, 5.74) is 1.16. The monoisotopic (exact) mass is 293 g/mol. The second-order valence-electron chi connectivity index (χ2n) is 5.43. The molecule has 0 heterocycles. The number of para-hydroxylation sites is 1. The van der Waals surface area contributed by atoms with Crippen molar-refractivity contribution in [1.82, 2.24) is 5.32 Å². The summed E-state index contributed by atoms with van der Waals surface area (Å²) in [5.74, 6) is 2.46. The van der Waals surface area contributed by atoms with Crippen LogP contribution < -0.4 is 14.8 Å². The summed E-state index contributed by atoms with van der Waals surface area (Å²) in [4.78, 5) is 0. The molecule has 3 heteroatoms. The largest absolute Gasteiger partial charge is 0.493 e. The van der Waals surface area contributed by atoms with Crippen LogP contribution in [0.1, 0.15) is 52.0 Å².